The fraction of sp³-hybridized carbons (Fsp3) is 0.467. The molecule has 6 nitrogen and oxygen atoms in total. The summed E-state index contributed by atoms with van der Waals surface area (Å²) in [6, 6.07) is 5.99. The zero-order valence-corrected chi connectivity index (χ0v) is 15.8. The molecule has 130 valence electrons. The highest BCUT2D eigenvalue weighted by Crippen LogP contribution is 2.13. The highest BCUT2D eigenvalue weighted by molar-refractivity contribution is 14.0. The van der Waals surface area contributed by atoms with Crippen molar-refractivity contribution in [2.45, 2.75) is 19.4 Å². The number of ether oxygens (including phenoxy) is 2. The van der Waals surface area contributed by atoms with Gasteiger partial charge in [-0.3, -0.25) is 9.79 Å². The zero-order chi connectivity index (χ0) is 16.4. The number of carbonyl (C=O) groups excluding carboxylic acids is 1. The molecule has 0 heterocycles. The molecule has 0 radical (unpaired) electrons. The number of halogens is 2. The van der Waals surface area contributed by atoms with Crippen LogP contribution in [0, 0.1) is 5.82 Å². The molecule has 0 aromatic heterocycles. The molecule has 0 spiro atoms. The minimum atomic E-state index is -0.335. The topological polar surface area (TPSA) is 72.0 Å². The van der Waals surface area contributed by atoms with Crippen LogP contribution in [0.1, 0.15) is 13.3 Å². The van der Waals surface area contributed by atoms with Gasteiger partial charge in [-0.05, 0) is 19.1 Å². The highest BCUT2D eigenvalue weighted by atomic mass is 127. The summed E-state index contributed by atoms with van der Waals surface area (Å²) in [5.41, 5.74) is 0. The lowest BCUT2D eigenvalue weighted by Gasteiger charge is -2.17. The Bertz CT molecular complexity index is 514. The molecule has 0 aliphatic heterocycles. The van der Waals surface area contributed by atoms with E-state index in [1.54, 1.807) is 19.2 Å². The molecule has 1 unspecified atom stereocenters. The number of benzene rings is 1. The van der Waals surface area contributed by atoms with E-state index in [4.69, 9.17) is 4.74 Å². The van der Waals surface area contributed by atoms with E-state index in [-0.39, 0.29) is 48.3 Å². The Hall–Kier alpha value is -1.58. The average molecular weight is 439 g/mol. The van der Waals surface area contributed by atoms with Crippen LogP contribution in [0.3, 0.4) is 0 Å². The maximum absolute atomic E-state index is 13.1. The summed E-state index contributed by atoms with van der Waals surface area (Å²) in [4.78, 5) is 15.0. The van der Waals surface area contributed by atoms with Crippen LogP contribution in [-0.4, -0.2) is 45.3 Å². The molecular formula is C15H23FIN3O3. The number of methoxy groups -OCH3 is 1. The number of carbonyl (C=O) groups is 1. The quantitative estimate of drug-likeness (QED) is 0.294. The Labute approximate surface area is 152 Å². The third-order valence-electron chi connectivity index (χ3n) is 2.76. The first kappa shape index (κ1) is 21.4. The van der Waals surface area contributed by atoms with E-state index >= 15 is 0 Å². The molecule has 0 saturated carbocycles. The number of hydrogen-bond acceptors (Lipinski definition) is 4. The maximum atomic E-state index is 13.1. The summed E-state index contributed by atoms with van der Waals surface area (Å²) in [7, 11) is 2.98. The lowest BCUT2D eigenvalue weighted by Crippen LogP contribution is -2.42. The Morgan fingerprint density at radius 3 is 2.74 bits per heavy atom. The van der Waals surface area contributed by atoms with Gasteiger partial charge in [-0.1, -0.05) is 6.07 Å². The number of rotatable bonds is 7. The van der Waals surface area contributed by atoms with Crippen molar-refractivity contribution >= 4 is 35.9 Å². The molecule has 1 aromatic rings. The third-order valence-corrected chi connectivity index (χ3v) is 2.76. The van der Waals surface area contributed by atoms with Crippen LogP contribution in [0.2, 0.25) is 0 Å². The van der Waals surface area contributed by atoms with Crippen LogP contribution < -0.4 is 15.4 Å². The number of nitrogens with one attached hydrogen (secondary N) is 2. The summed E-state index contributed by atoms with van der Waals surface area (Å²) < 4.78 is 23.2. The minimum absolute atomic E-state index is 0. The number of guanidine groups is 1. The van der Waals surface area contributed by atoms with E-state index in [0.717, 1.165) is 0 Å². The second kappa shape index (κ2) is 11.9. The van der Waals surface area contributed by atoms with Crippen LogP contribution in [0.4, 0.5) is 4.39 Å². The molecule has 0 aliphatic rings. The van der Waals surface area contributed by atoms with E-state index < -0.39 is 0 Å². The lowest BCUT2D eigenvalue weighted by molar-refractivity contribution is -0.140. The number of aliphatic imine (C=N–C) groups is 1. The monoisotopic (exact) mass is 439 g/mol. The van der Waals surface area contributed by atoms with Crippen LogP contribution in [-0.2, 0) is 9.53 Å². The van der Waals surface area contributed by atoms with Gasteiger partial charge in [0.05, 0.1) is 20.1 Å². The molecule has 0 aliphatic carbocycles. The van der Waals surface area contributed by atoms with Crippen molar-refractivity contribution in [2.75, 3.05) is 27.2 Å². The van der Waals surface area contributed by atoms with Gasteiger partial charge in [0.15, 0.2) is 5.96 Å². The second-order valence-corrected chi connectivity index (χ2v) is 4.59. The summed E-state index contributed by atoms with van der Waals surface area (Å²) >= 11 is 0. The molecule has 0 fully saturated rings. The minimum Gasteiger partial charge on any atom is -0.489 e. The van der Waals surface area contributed by atoms with Gasteiger partial charge >= 0.3 is 5.97 Å². The summed E-state index contributed by atoms with van der Waals surface area (Å²) in [6.07, 6.45) is 0.0768. The molecule has 1 atom stereocenters. The third kappa shape index (κ3) is 9.22. The lowest BCUT2D eigenvalue weighted by atomic mass is 10.3. The van der Waals surface area contributed by atoms with Gasteiger partial charge in [-0.15, -0.1) is 24.0 Å². The van der Waals surface area contributed by atoms with Gasteiger partial charge in [-0.2, -0.15) is 0 Å². The first-order chi connectivity index (χ1) is 10.5. The van der Waals surface area contributed by atoms with Crippen molar-refractivity contribution in [2.24, 2.45) is 4.99 Å². The highest BCUT2D eigenvalue weighted by Gasteiger charge is 2.07. The van der Waals surface area contributed by atoms with Gasteiger partial charge in [0, 0.05) is 19.7 Å². The van der Waals surface area contributed by atoms with Crippen molar-refractivity contribution in [3.63, 3.8) is 0 Å². The van der Waals surface area contributed by atoms with Crippen LogP contribution >= 0.6 is 24.0 Å². The van der Waals surface area contributed by atoms with Crippen molar-refractivity contribution in [3.8, 4) is 5.75 Å². The second-order valence-electron chi connectivity index (χ2n) is 4.59. The molecule has 1 aromatic carbocycles. The smallest absolute Gasteiger partial charge is 0.307 e. The predicted molar refractivity (Wildman–Crippen MR) is 97.9 cm³/mol. The van der Waals surface area contributed by atoms with E-state index in [9.17, 15) is 9.18 Å². The van der Waals surface area contributed by atoms with Crippen molar-refractivity contribution in [1.29, 1.82) is 0 Å². The number of nitrogens with zero attached hydrogens (tertiary/aromatic N) is 1. The SMILES string of the molecule is CN=C(NCCC(=O)OC)NCC(C)Oc1cccc(F)c1.I. The van der Waals surface area contributed by atoms with Crippen LogP contribution in [0.5, 0.6) is 5.75 Å². The van der Waals surface area contributed by atoms with Crippen molar-refractivity contribution in [1.82, 2.24) is 10.6 Å². The number of esters is 1. The number of hydrogen-bond donors (Lipinski definition) is 2. The fourth-order valence-corrected chi connectivity index (χ4v) is 1.66. The molecule has 23 heavy (non-hydrogen) atoms. The first-order valence-electron chi connectivity index (χ1n) is 6.98. The maximum Gasteiger partial charge on any atom is 0.307 e. The molecule has 1 rings (SSSR count). The summed E-state index contributed by atoms with van der Waals surface area (Å²) in [5.74, 6) is 0.408. The van der Waals surface area contributed by atoms with Gasteiger partial charge in [0.25, 0.3) is 0 Å². The van der Waals surface area contributed by atoms with Crippen molar-refractivity contribution < 1.29 is 18.7 Å². The normalized spacial score (nSPS) is 11.9. The van der Waals surface area contributed by atoms with Gasteiger partial charge in [0.2, 0.25) is 0 Å². The van der Waals surface area contributed by atoms with Gasteiger partial charge < -0.3 is 20.1 Å². The largest absolute Gasteiger partial charge is 0.489 e. The molecular weight excluding hydrogens is 416 g/mol. The van der Waals surface area contributed by atoms with Gasteiger partial charge in [0.1, 0.15) is 17.7 Å². The van der Waals surface area contributed by atoms with Crippen molar-refractivity contribution in [3.05, 3.63) is 30.1 Å². The van der Waals surface area contributed by atoms with Crippen LogP contribution in [0.15, 0.2) is 29.3 Å². The summed E-state index contributed by atoms with van der Waals surface area (Å²) in [5, 5.41) is 6.05. The van der Waals surface area contributed by atoms with Gasteiger partial charge in [-0.25, -0.2) is 4.39 Å². The molecule has 0 bridgehead atoms. The van der Waals surface area contributed by atoms with E-state index in [1.165, 1.54) is 19.2 Å². The first-order valence-corrected chi connectivity index (χ1v) is 6.98. The molecule has 0 saturated heterocycles. The fourth-order valence-electron chi connectivity index (χ4n) is 1.66. The average Bonchev–Trinajstić information content (AvgIpc) is 2.50. The summed E-state index contributed by atoms with van der Waals surface area (Å²) in [6.45, 7) is 2.76. The predicted octanol–water partition coefficient (Wildman–Crippen LogP) is 1.94. The Balaban J connectivity index is 0.00000484. The van der Waals surface area contributed by atoms with Crippen LogP contribution in [0.25, 0.3) is 0 Å². The Morgan fingerprint density at radius 1 is 1.39 bits per heavy atom. The zero-order valence-electron chi connectivity index (χ0n) is 13.5. The van der Waals surface area contributed by atoms with E-state index in [2.05, 4.69) is 20.4 Å². The Kier molecular flexibility index (Phi) is 11.1. The standard InChI is InChI=1S/C15H22FN3O3.HI/c1-11(22-13-6-4-5-12(16)9-13)10-19-15(17-2)18-8-7-14(20)21-3;/h4-6,9,11H,7-8,10H2,1-3H3,(H2,17,18,19);1H. The van der Waals surface area contributed by atoms with E-state index in [0.29, 0.717) is 24.8 Å². The Morgan fingerprint density at radius 2 is 2.13 bits per heavy atom. The molecule has 0 amide bonds. The van der Waals surface area contributed by atoms with E-state index in [1.807, 2.05) is 6.92 Å². The molecule has 2 N–H and O–H groups in total. The molecule has 8 heteroatoms.